The first-order valence-corrected chi connectivity index (χ1v) is 9.98. The molecule has 11 heteroatoms. The molecular formula is C19H26F3IN4O2S. The molecular weight excluding hydrogens is 532 g/mol. The van der Waals surface area contributed by atoms with Gasteiger partial charge in [-0.3, -0.25) is 0 Å². The highest BCUT2D eigenvalue weighted by Crippen LogP contribution is 2.30. The molecule has 0 aliphatic rings. The molecule has 0 spiro atoms. The van der Waals surface area contributed by atoms with Crippen LogP contribution in [0.4, 0.5) is 13.2 Å². The minimum atomic E-state index is -4.41. The van der Waals surface area contributed by atoms with E-state index in [1.165, 1.54) is 18.1 Å². The summed E-state index contributed by atoms with van der Waals surface area (Å²) in [5.41, 5.74) is 0.779. The van der Waals surface area contributed by atoms with E-state index < -0.39 is 12.8 Å². The van der Waals surface area contributed by atoms with Crippen LogP contribution in [0.5, 0.6) is 11.5 Å². The van der Waals surface area contributed by atoms with Crippen molar-refractivity contribution in [1.82, 2.24) is 15.6 Å². The van der Waals surface area contributed by atoms with Gasteiger partial charge in [-0.25, -0.2) is 9.98 Å². The van der Waals surface area contributed by atoms with E-state index in [0.29, 0.717) is 25.6 Å². The van der Waals surface area contributed by atoms with Crippen molar-refractivity contribution in [2.75, 3.05) is 20.3 Å². The lowest BCUT2D eigenvalue weighted by Crippen LogP contribution is -2.36. The zero-order valence-corrected chi connectivity index (χ0v) is 20.2. The van der Waals surface area contributed by atoms with Gasteiger partial charge in [-0.2, -0.15) is 13.2 Å². The van der Waals surface area contributed by atoms with Gasteiger partial charge in [0.1, 0.15) is 5.01 Å². The second kappa shape index (κ2) is 12.8. The molecule has 30 heavy (non-hydrogen) atoms. The van der Waals surface area contributed by atoms with Gasteiger partial charge in [0.15, 0.2) is 24.1 Å². The predicted octanol–water partition coefficient (Wildman–Crippen LogP) is 4.53. The average Bonchev–Trinajstić information content (AvgIpc) is 3.16. The molecule has 0 saturated heterocycles. The average molecular weight is 558 g/mol. The summed E-state index contributed by atoms with van der Waals surface area (Å²) in [4.78, 5) is 10.1. The summed E-state index contributed by atoms with van der Waals surface area (Å²) in [6, 6.07) is 4.74. The lowest BCUT2D eigenvalue weighted by molar-refractivity contribution is -0.153. The molecule has 0 atom stereocenters. The maximum absolute atomic E-state index is 12.4. The molecule has 0 saturated carbocycles. The van der Waals surface area contributed by atoms with Crippen LogP contribution >= 0.6 is 35.3 Å². The number of ether oxygens (including phenoxy) is 2. The highest BCUT2D eigenvalue weighted by Gasteiger charge is 2.29. The van der Waals surface area contributed by atoms with Gasteiger partial charge in [0.05, 0.1) is 20.2 Å². The van der Waals surface area contributed by atoms with Crippen LogP contribution in [-0.4, -0.2) is 37.4 Å². The Morgan fingerprint density at radius 3 is 2.57 bits per heavy atom. The summed E-state index contributed by atoms with van der Waals surface area (Å²) < 4.78 is 47.0. The number of benzene rings is 1. The Bertz CT molecular complexity index is 815. The lowest BCUT2D eigenvalue weighted by Gasteiger charge is -2.13. The van der Waals surface area contributed by atoms with Crippen molar-refractivity contribution in [1.29, 1.82) is 0 Å². The van der Waals surface area contributed by atoms with Crippen molar-refractivity contribution < 1.29 is 22.6 Å². The fourth-order valence-electron chi connectivity index (χ4n) is 2.35. The molecule has 2 N–H and O–H groups in total. The Morgan fingerprint density at radius 2 is 1.97 bits per heavy atom. The Kier molecular flexibility index (Phi) is 11.2. The van der Waals surface area contributed by atoms with Gasteiger partial charge in [-0.05, 0) is 31.0 Å². The molecule has 0 amide bonds. The van der Waals surface area contributed by atoms with Gasteiger partial charge >= 0.3 is 6.18 Å². The summed E-state index contributed by atoms with van der Waals surface area (Å²) in [6.07, 6.45) is -1.58. The van der Waals surface area contributed by atoms with E-state index in [-0.39, 0.29) is 35.5 Å². The molecule has 0 aliphatic carbocycles. The van der Waals surface area contributed by atoms with Crippen LogP contribution in [0.2, 0.25) is 0 Å². The minimum Gasteiger partial charge on any atom is -0.493 e. The smallest absolute Gasteiger partial charge is 0.422 e. The molecule has 0 aliphatic heterocycles. The molecule has 1 aromatic heterocycles. The second-order valence-corrected chi connectivity index (χ2v) is 7.21. The first-order valence-electron chi connectivity index (χ1n) is 9.16. The highest BCUT2D eigenvalue weighted by atomic mass is 127. The first kappa shape index (κ1) is 26.3. The topological polar surface area (TPSA) is 67.8 Å². The molecule has 2 aromatic rings. The van der Waals surface area contributed by atoms with Gasteiger partial charge in [-0.1, -0.05) is 13.0 Å². The number of rotatable bonds is 9. The van der Waals surface area contributed by atoms with Crippen LogP contribution in [0.1, 0.15) is 29.3 Å². The van der Waals surface area contributed by atoms with Gasteiger partial charge in [0, 0.05) is 17.6 Å². The van der Waals surface area contributed by atoms with Gasteiger partial charge in [-0.15, -0.1) is 35.3 Å². The second-order valence-electron chi connectivity index (χ2n) is 6.01. The van der Waals surface area contributed by atoms with Gasteiger partial charge < -0.3 is 20.1 Å². The van der Waals surface area contributed by atoms with Crippen molar-refractivity contribution in [2.24, 2.45) is 4.99 Å². The lowest BCUT2D eigenvalue weighted by atomic mass is 10.2. The summed E-state index contributed by atoms with van der Waals surface area (Å²) in [7, 11) is 1.38. The number of nitrogens with zero attached hydrogens (tertiary/aromatic N) is 2. The Balaban J connectivity index is 0.00000450. The number of aromatic nitrogens is 1. The quantitative estimate of drug-likeness (QED) is 0.269. The molecule has 168 valence electrons. The normalized spacial score (nSPS) is 11.6. The van der Waals surface area contributed by atoms with Crippen LogP contribution in [0.3, 0.4) is 0 Å². The Morgan fingerprint density at radius 1 is 1.20 bits per heavy atom. The van der Waals surface area contributed by atoms with Crippen LogP contribution in [0.25, 0.3) is 0 Å². The number of aliphatic imine (C=N–C) groups is 1. The van der Waals surface area contributed by atoms with Crippen LogP contribution < -0.4 is 20.1 Å². The number of methoxy groups -OCH3 is 1. The number of aryl methyl sites for hydroxylation is 1. The molecule has 1 aromatic carbocycles. The Labute approximate surface area is 195 Å². The number of halogens is 4. The fourth-order valence-corrected chi connectivity index (χ4v) is 3.16. The van der Waals surface area contributed by atoms with Gasteiger partial charge in [0.25, 0.3) is 0 Å². The monoisotopic (exact) mass is 558 g/mol. The summed E-state index contributed by atoms with van der Waals surface area (Å²) in [5, 5.41) is 7.36. The van der Waals surface area contributed by atoms with Crippen molar-refractivity contribution in [2.45, 2.75) is 39.5 Å². The third-order valence-electron chi connectivity index (χ3n) is 3.74. The van der Waals surface area contributed by atoms with Crippen molar-refractivity contribution in [3.8, 4) is 11.5 Å². The minimum absolute atomic E-state index is 0. The number of nitrogens with one attached hydrogen (secondary N) is 2. The standard InChI is InChI=1S/C19H25F3N4O2S.HI/c1-4-14-10-24-17(29-14)11-26-18(23-5-2)25-9-13-6-7-15(16(8-13)27-3)28-12-19(20,21)22;/h6-8,10H,4-5,9,11-12H2,1-3H3,(H2,23,25,26);1H. The van der Waals surface area contributed by atoms with E-state index in [9.17, 15) is 13.2 Å². The molecule has 2 rings (SSSR count). The summed E-state index contributed by atoms with van der Waals surface area (Å²) in [5.74, 6) is 0.894. The zero-order valence-electron chi connectivity index (χ0n) is 17.0. The molecule has 0 bridgehead atoms. The number of guanidine groups is 1. The zero-order chi connectivity index (χ0) is 21.3. The van der Waals surface area contributed by atoms with Crippen molar-refractivity contribution in [3.63, 3.8) is 0 Å². The Hall–Kier alpha value is -1.76. The van der Waals surface area contributed by atoms with E-state index in [1.807, 2.05) is 13.1 Å². The van der Waals surface area contributed by atoms with Crippen molar-refractivity contribution in [3.05, 3.63) is 39.8 Å². The van der Waals surface area contributed by atoms with Crippen LogP contribution in [-0.2, 0) is 19.5 Å². The van der Waals surface area contributed by atoms with E-state index in [0.717, 1.165) is 17.0 Å². The van der Waals surface area contributed by atoms with E-state index in [2.05, 4.69) is 27.5 Å². The first-order chi connectivity index (χ1) is 13.8. The number of thiazole rings is 1. The fraction of sp³-hybridized carbons (Fsp3) is 0.474. The number of alkyl halides is 3. The molecule has 6 nitrogen and oxygen atoms in total. The van der Waals surface area contributed by atoms with Crippen LogP contribution in [0.15, 0.2) is 29.4 Å². The van der Waals surface area contributed by atoms with E-state index in [1.54, 1.807) is 23.5 Å². The van der Waals surface area contributed by atoms with Crippen molar-refractivity contribution >= 4 is 41.3 Å². The summed E-state index contributed by atoms with van der Waals surface area (Å²) >= 11 is 1.65. The SMILES string of the molecule is CCNC(=NCc1ccc(OCC(F)(F)F)c(OC)c1)NCc1ncc(CC)s1.I. The molecule has 0 unspecified atom stereocenters. The highest BCUT2D eigenvalue weighted by molar-refractivity contribution is 14.0. The maximum atomic E-state index is 12.4. The van der Waals surface area contributed by atoms with E-state index in [4.69, 9.17) is 9.47 Å². The predicted molar refractivity (Wildman–Crippen MR) is 123 cm³/mol. The molecule has 0 radical (unpaired) electrons. The third-order valence-corrected chi connectivity index (χ3v) is 4.88. The maximum Gasteiger partial charge on any atom is 0.422 e. The number of hydrogen-bond acceptors (Lipinski definition) is 5. The van der Waals surface area contributed by atoms with Crippen LogP contribution in [0, 0.1) is 0 Å². The molecule has 0 fully saturated rings. The van der Waals surface area contributed by atoms with Gasteiger partial charge in [0.2, 0.25) is 0 Å². The number of hydrogen-bond donors (Lipinski definition) is 2. The molecule has 1 heterocycles. The summed E-state index contributed by atoms with van der Waals surface area (Å²) in [6.45, 7) is 4.26. The third kappa shape index (κ3) is 8.94. The largest absolute Gasteiger partial charge is 0.493 e. The van der Waals surface area contributed by atoms with E-state index >= 15 is 0 Å².